The molecule has 0 amide bonds. The monoisotopic (exact) mass is 785 g/mol. The van der Waals surface area contributed by atoms with Gasteiger partial charge in [-0.1, -0.05) is 0 Å². The Morgan fingerprint density at radius 3 is 2.27 bits per heavy atom. The predicted molar refractivity (Wildman–Crippen MR) is 224 cm³/mol. The van der Waals surface area contributed by atoms with Crippen LogP contribution in [0, 0.1) is 13.8 Å². The lowest BCUT2D eigenvalue weighted by molar-refractivity contribution is 0.0866. The lowest BCUT2D eigenvalue weighted by Crippen LogP contribution is -2.55. The molecule has 8 rings (SSSR count). The molecular weight excluding hydrogens is 743 g/mol. The molecule has 52 heavy (non-hydrogen) atoms. The van der Waals surface area contributed by atoms with E-state index in [-0.39, 0.29) is 5.63 Å². The summed E-state index contributed by atoms with van der Waals surface area (Å²) < 4.78 is 25.6. The highest BCUT2D eigenvalue weighted by molar-refractivity contribution is 7.27. The van der Waals surface area contributed by atoms with E-state index in [1.165, 1.54) is 53.9 Å². The van der Waals surface area contributed by atoms with Crippen molar-refractivity contribution in [1.29, 1.82) is 0 Å². The van der Waals surface area contributed by atoms with E-state index in [1.807, 2.05) is 43.4 Å². The summed E-state index contributed by atoms with van der Waals surface area (Å²) in [5.74, 6) is 0. The van der Waals surface area contributed by atoms with Crippen LogP contribution in [0.5, 0.6) is 0 Å². The van der Waals surface area contributed by atoms with Gasteiger partial charge >= 0.3 is 14.4 Å². The van der Waals surface area contributed by atoms with Crippen LogP contribution in [-0.2, 0) is 26.1 Å². The first kappa shape index (κ1) is 35.9. The number of fused-ring (bicyclic) bond motifs is 2. The Bertz CT molecular complexity index is 2320. The van der Waals surface area contributed by atoms with Crippen LogP contribution < -0.4 is 15.0 Å². The van der Waals surface area contributed by atoms with Crippen LogP contribution in [-0.4, -0.2) is 41.7 Å². The molecule has 2 aliphatic heterocycles. The van der Waals surface area contributed by atoms with Gasteiger partial charge in [-0.3, -0.25) is 0 Å². The molecule has 0 radical (unpaired) electrons. The van der Waals surface area contributed by atoms with Crippen LogP contribution in [0.15, 0.2) is 57.7 Å². The number of benzene rings is 1. The Morgan fingerprint density at radius 1 is 0.769 bits per heavy atom. The molecule has 1 aromatic carbocycles. The van der Waals surface area contributed by atoms with Gasteiger partial charge in [-0.15, -0.1) is 45.3 Å². The Hall–Kier alpha value is -3.13. The molecule has 0 bridgehead atoms. The number of thiophene rings is 4. The van der Waals surface area contributed by atoms with Crippen molar-refractivity contribution in [3.05, 3.63) is 91.0 Å². The van der Waals surface area contributed by atoms with Gasteiger partial charge in [0.2, 0.25) is 0 Å². The van der Waals surface area contributed by atoms with Crippen molar-refractivity contribution in [3.8, 4) is 29.9 Å². The highest BCUT2D eigenvalue weighted by atomic mass is 32.1. The Kier molecular flexibility index (Phi) is 10.3. The Balaban J connectivity index is 1.04. The lowest BCUT2D eigenvalue weighted by atomic mass is 9.90. The number of hydrogen-bond donors (Lipinski definition) is 0. The fourth-order valence-corrected chi connectivity index (χ4v) is 15.2. The maximum atomic E-state index is 13.5. The van der Waals surface area contributed by atoms with E-state index in [4.69, 9.17) is 17.7 Å². The number of hydrogen-bond acceptors (Lipinski definition) is 10. The summed E-state index contributed by atoms with van der Waals surface area (Å²) in [6.45, 7) is 14.2. The third kappa shape index (κ3) is 6.64. The first-order valence-corrected chi connectivity index (χ1v) is 23.2. The van der Waals surface area contributed by atoms with Crippen molar-refractivity contribution in [2.45, 2.75) is 60.3 Å². The van der Waals surface area contributed by atoms with Gasteiger partial charge in [-0.2, -0.15) is 0 Å². The zero-order valence-corrected chi connectivity index (χ0v) is 34.5. The Labute approximate surface area is 322 Å². The molecule has 0 aliphatic carbocycles. The van der Waals surface area contributed by atoms with Crippen molar-refractivity contribution in [2.75, 3.05) is 37.8 Å². The summed E-state index contributed by atoms with van der Waals surface area (Å²) in [5, 5.41) is 1.05. The molecule has 7 heterocycles. The molecule has 0 unspecified atom stereocenters. The lowest BCUT2D eigenvalue weighted by Gasteiger charge is -2.37. The molecule has 6 nitrogen and oxygen atoms in total. The summed E-state index contributed by atoms with van der Waals surface area (Å²) in [5.41, 5.74) is 7.65. The quantitative estimate of drug-likeness (QED) is 0.0910. The van der Waals surface area contributed by atoms with Gasteiger partial charge < -0.3 is 22.6 Å². The number of nitrogens with zero attached hydrogens (tertiary/aromatic N) is 1. The van der Waals surface area contributed by atoms with E-state index in [0.29, 0.717) is 25.4 Å². The first-order valence-electron chi connectivity index (χ1n) is 18.2. The second kappa shape index (κ2) is 14.9. The van der Waals surface area contributed by atoms with Crippen molar-refractivity contribution >= 4 is 87.5 Å². The summed E-state index contributed by atoms with van der Waals surface area (Å²) in [7, 11) is -2.91. The zero-order valence-electron chi connectivity index (χ0n) is 30.3. The summed E-state index contributed by atoms with van der Waals surface area (Å²) in [6, 6.07) is 17.4. The number of aryl methyl sites for hydroxylation is 4. The molecule has 11 heteroatoms. The maximum absolute atomic E-state index is 13.5. The van der Waals surface area contributed by atoms with Crippen molar-refractivity contribution in [2.24, 2.45) is 0 Å². The largest absolute Gasteiger partial charge is 0.547 e. The fraction of sp³-hybridized carbons (Fsp3) is 0.341. The highest BCUT2D eigenvalue weighted by Gasteiger charge is 2.44. The summed E-state index contributed by atoms with van der Waals surface area (Å²) >= 11 is 6.99. The van der Waals surface area contributed by atoms with Gasteiger partial charge in [0.05, 0.1) is 10.1 Å². The molecule has 0 fully saturated rings. The highest BCUT2D eigenvalue weighted by Crippen LogP contribution is 2.45. The summed E-state index contributed by atoms with van der Waals surface area (Å²) in [6.07, 6.45) is 8.74. The van der Waals surface area contributed by atoms with Crippen molar-refractivity contribution in [1.82, 2.24) is 0 Å². The maximum Gasteiger partial charge on any atom is 0.547 e. The second-order valence-electron chi connectivity index (χ2n) is 13.3. The van der Waals surface area contributed by atoms with Crippen LogP contribution in [0.2, 0.25) is 0 Å². The van der Waals surface area contributed by atoms with Crippen molar-refractivity contribution < 1.29 is 17.7 Å². The van der Waals surface area contributed by atoms with Crippen LogP contribution in [0.4, 0.5) is 5.69 Å². The minimum atomic E-state index is -2.91. The average Bonchev–Trinajstić information content (AvgIpc) is 3.95. The van der Waals surface area contributed by atoms with E-state index in [9.17, 15) is 4.79 Å². The van der Waals surface area contributed by atoms with Crippen LogP contribution >= 0.6 is 45.3 Å². The molecule has 270 valence electrons. The molecule has 0 atom stereocenters. The molecule has 5 aromatic heterocycles. The van der Waals surface area contributed by atoms with Gasteiger partial charge in [-0.05, 0) is 138 Å². The van der Waals surface area contributed by atoms with Crippen LogP contribution in [0.25, 0.3) is 53.1 Å². The van der Waals surface area contributed by atoms with Gasteiger partial charge in [0.1, 0.15) is 5.58 Å². The van der Waals surface area contributed by atoms with Gasteiger partial charge in [0, 0.05) is 83.7 Å². The Morgan fingerprint density at radius 2 is 1.50 bits per heavy atom. The zero-order chi connectivity index (χ0) is 36.0. The third-order valence-electron chi connectivity index (χ3n) is 9.76. The standard InChI is InChI=1S/C41H43NO5S4Si/c1-6-44-52(45-7-2,46-8-3)37-18-14-29(48-37)13-15-32-25(4)21-36(49-32)40-26(5)22-35(51-40)34-17-16-33(50-34)31-24-28-23-27-11-9-19-42-20-10-12-30(38(27)42)39(28)47-41(31)43/h13-18,21-24H,6-12,19-20H2,1-5H3/b15-13+. The fourth-order valence-electron chi connectivity index (χ4n) is 7.53. The topological polar surface area (TPSA) is 61.1 Å². The van der Waals surface area contributed by atoms with E-state index in [0.717, 1.165) is 62.5 Å². The van der Waals surface area contributed by atoms with Crippen LogP contribution in [0.1, 0.15) is 65.6 Å². The minimum Gasteiger partial charge on any atom is -0.422 e. The van der Waals surface area contributed by atoms with Crippen LogP contribution in [0.3, 0.4) is 0 Å². The SMILES string of the molecule is CCO[Si](OCC)(OCC)c1ccc(/C=C/c2sc(-c3sc(-c4ccc(-c5cc6cc7c8c(c6oc5=O)CCCN8CCC7)s4)cc3C)cc2C)s1. The predicted octanol–water partition coefficient (Wildman–Crippen LogP) is 10.8. The van der Waals surface area contributed by atoms with Crippen molar-refractivity contribution in [3.63, 3.8) is 0 Å². The van der Waals surface area contributed by atoms with E-state index < -0.39 is 8.80 Å². The minimum absolute atomic E-state index is 0.249. The average molecular weight is 786 g/mol. The molecule has 0 saturated carbocycles. The number of rotatable bonds is 12. The second-order valence-corrected chi connectivity index (χ2v) is 20.5. The normalized spacial score (nSPS) is 14.6. The number of anilines is 1. The molecular formula is C41H43NO5S4Si. The molecule has 6 aromatic rings. The smallest absolute Gasteiger partial charge is 0.422 e. The van der Waals surface area contributed by atoms with E-state index in [1.54, 1.807) is 22.7 Å². The van der Waals surface area contributed by atoms with E-state index >= 15 is 0 Å². The van der Waals surface area contributed by atoms with E-state index in [2.05, 4.69) is 79.4 Å². The molecule has 0 saturated heterocycles. The third-order valence-corrected chi connectivity index (χ3v) is 18.4. The van der Waals surface area contributed by atoms with Gasteiger partial charge in [0.25, 0.3) is 0 Å². The van der Waals surface area contributed by atoms with Gasteiger partial charge in [-0.25, -0.2) is 4.79 Å². The summed E-state index contributed by atoms with van der Waals surface area (Å²) in [4.78, 5) is 24.2. The molecule has 0 spiro atoms. The van der Waals surface area contributed by atoms with Gasteiger partial charge in [0.15, 0.2) is 0 Å². The molecule has 2 aliphatic rings. The molecule has 0 N–H and O–H groups in total. The first-order chi connectivity index (χ1) is 25.3.